The third-order valence-electron chi connectivity index (χ3n) is 1.90. The molecule has 2 rings (SSSR count). The predicted molar refractivity (Wildman–Crippen MR) is 52.6 cm³/mol. The number of aryl methyl sites for hydroxylation is 1. The van der Waals surface area contributed by atoms with Crippen LogP contribution in [-0.2, 0) is 0 Å². The van der Waals surface area contributed by atoms with Crippen molar-refractivity contribution in [3.63, 3.8) is 0 Å². The van der Waals surface area contributed by atoms with Crippen LogP contribution < -0.4 is 10.7 Å². The number of nitrogens with zero attached hydrogens (tertiary/aromatic N) is 2. The molecule has 4 heteroatoms. The van der Waals surface area contributed by atoms with Crippen molar-refractivity contribution in [1.82, 2.24) is 0 Å². The standard InChI is InChI=1S/C8H11N3S/c1-6-3-5-12-8(6)11-4-2-7(9)10-11/h3,5H,2,4H2,1H3,(H2,9,10). The number of hydrogen-bond acceptors (Lipinski definition) is 4. The summed E-state index contributed by atoms with van der Waals surface area (Å²) in [4.78, 5) is 0. The SMILES string of the molecule is Cc1ccsc1N1CCC(N)=N1. The zero-order valence-electron chi connectivity index (χ0n) is 6.95. The highest BCUT2D eigenvalue weighted by atomic mass is 32.1. The second-order valence-corrected chi connectivity index (χ2v) is 3.77. The maximum absolute atomic E-state index is 5.59. The van der Waals surface area contributed by atoms with Gasteiger partial charge >= 0.3 is 0 Å². The monoisotopic (exact) mass is 181 g/mol. The molecular weight excluding hydrogens is 170 g/mol. The summed E-state index contributed by atoms with van der Waals surface area (Å²) in [5.41, 5.74) is 6.87. The first-order valence-corrected chi connectivity index (χ1v) is 4.80. The van der Waals surface area contributed by atoms with Gasteiger partial charge in [-0.15, -0.1) is 11.3 Å². The molecule has 1 aromatic heterocycles. The Hall–Kier alpha value is -1.03. The summed E-state index contributed by atoms with van der Waals surface area (Å²) in [5, 5.41) is 9.51. The zero-order valence-corrected chi connectivity index (χ0v) is 7.77. The van der Waals surface area contributed by atoms with E-state index in [1.165, 1.54) is 10.6 Å². The Morgan fingerprint density at radius 1 is 1.67 bits per heavy atom. The molecule has 64 valence electrons. The molecule has 0 saturated heterocycles. The minimum absolute atomic E-state index is 0.739. The fraction of sp³-hybridized carbons (Fsp3) is 0.375. The van der Waals surface area contributed by atoms with E-state index in [1.54, 1.807) is 11.3 Å². The molecule has 0 radical (unpaired) electrons. The number of hydrogen-bond donors (Lipinski definition) is 1. The van der Waals surface area contributed by atoms with Crippen molar-refractivity contribution in [2.45, 2.75) is 13.3 Å². The van der Waals surface area contributed by atoms with Crippen LogP contribution in [0.4, 0.5) is 5.00 Å². The number of anilines is 1. The summed E-state index contributed by atoms with van der Waals surface area (Å²) in [6.07, 6.45) is 0.886. The largest absolute Gasteiger partial charge is 0.386 e. The highest BCUT2D eigenvalue weighted by Gasteiger charge is 2.15. The van der Waals surface area contributed by atoms with E-state index >= 15 is 0 Å². The van der Waals surface area contributed by atoms with E-state index in [-0.39, 0.29) is 0 Å². The molecule has 1 aromatic rings. The first-order valence-electron chi connectivity index (χ1n) is 3.92. The summed E-state index contributed by atoms with van der Waals surface area (Å²) in [6, 6.07) is 2.10. The molecule has 1 aliphatic heterocycles. The Bertz CT molecular complexity index is 316. The molecule has 0 fully saturated rings. The molecule has 0 spiro atoms. The number of hydrazone groups is 1. The van der Waals surface area contributed by atoms with Gasteiger partial charge in [0.1, 0.15) is 10.8 Å². The van der Waals surface area contributed by atoms with Crippen LogP contribution in [0.5, 0.6) is 0 Å². The number of thiophene rings is 1. The van der Waals surface area contributed by atoms with Gasteiger partial charge < -0.3 is 5.73 Å². The van der Waals surface area contributed by atoms with Crippen LogP contribution in [0.3, 0.4) is 0 Å². The second-order valence-electron chi connectivity index (χ2n) is 2.87. The van der Waals surface area contributed by atoms with Crippen LogP contribution in [-0.4, -0.2) is 12.4 Å². The van der Waals surface area contributed by atoms with Gasteiger partial charge in [-0.2, -0.15) is 5.10 Å². The highest BCUT2D eigenvalue weighted by Crippen LogP contribution is 2.28. The van der Waals surface area contributed by atoms with Crippen LogP contribution in [0.15, 0.2) is 16.5 Å². The Kier molecular flexibility index (Phi) is 1.77. The second kappa shape index (κ2) is 2.79. The van der Waals surface area contributed by atoms with E-state index < -0.39 is 0 Å². The topological polar surface area (TPSA) is 41.6 Å². The summed E-state index contributed by atoms with van der Waals surface area (Å²) < 4.78 is 0. The van der Waals surface area contributed by atoms with Gasteiger partial charge in [0.15, 0.2) is 0 Å². The summed E-state index contributed by atoms with van der Waals surface area (Å²) in [5.74, 6) is 0.739. The van der Waals surface area contributed by atoms with Crippen LogP contribution in [0, 0.1) is 6.92 Å². The van der Waals surface area contributed by atoms with Crippen molar-refractivity contribution in [3.05, 3.63) is 17.0 Å². The van der Waals surface area contributed by atoms with Crippen LogP contribution in [0.25, 0.3) is 0 Å². The Morgan fingerprint density at radius 3 is 3.00 bits per heavy atom. The normalized spacial score (nSPS) is 16.8. The lowest BCUT2D eigenvalue weighted by molar-refractivity contribution is 0.929. The summed E-state index contributed by atoms with van der Waals surface area (Å²) >= 11 is 1.71. The molecule has 0 atom stereocenters. The van der Waals surface area contributed by atoms with Crippen LogP contribution in [0.1, 0.15) is 12.0 Å². The molecule has 0 saturated carbocycles. The molecule has 0 bridgehead atoms. The van der Waals surface area contributed by atoms with Crippen molar-refractivity contribution in [2.24, 2.45) is 10.8 Å². The van der Waals surface area contributed by atoms with Gasteiger partial charge in [-0.3, -0.25) is 5.01 Å². The first kappa shape index (κ1) is 7.61. The molecule has 12 heavy (non-hydrogen) atoms. The third-order valence-corrected chi connectivity index (χ3v) is 2.93. The van der Waals surface area contributed by atoms with E-state index in [0.29, 0.717) is 0 Å². The van der Waals surface area contributed by atoms with E-state index in [0.717, 1.165) is 18.8 Å². The average Bonchev–Trinajstić information content (AvgIpc) is 2.58. The molecule has 3 nitrogen and oxygen atoms in total. The van der Waals surface area contributed by atoms with Crippen molar-refractivity contribution < 1.29 is 0 Å². The molecule has 0 aliphatic carbocycles. The van der Waals surface area contributed by atoms with Crippen molar-refractivity contribution >= 4 is 22.2 Å². The number of rotatable bonds is 1. The van der Waals surface area contributed by atoms with E-state index in [2.05, 4.69) is 23.5 Å². The molecule has 1 aliphatic rings. The van der Waals surface area contributed by atoms with Crippen molar-refractivity contribution in [1.29, 1.82) is 0 Å². The summed E-state index contributed by atoms with van der Waals surface area (Å²) in [7, 11) is 0. The average molecular weight is 181 g/mol. The van der Waals surface area contributed by atoms with E-state index in [9.17, 15) is 0 Å². The van der Waals surface area contributed by atoms with Gasteiger partial charge in [-0.25, -0.2) is 0 Å². The smallest absolute Gasteiger partial charge is 0.122 e. The molecule has 0 aromatic carbocycles. The van der Waals surface area contributed by atoms with Crippen LogP contribution >= 0.6 is 11.3 Å². The lowest BCUT2D eigenvalue weighted by Gasteiger charge is -2.11. The number of amidine groups is 1. The maximum atomic E-state index is 5.59. The van der Waals surface area contributed by atoms with Gasteiger partial charge in [-0.1, -0.05) is 0 Å². The molecule has 0 amide bonds. The van der Waals surface area contributed by atoms with Gasteiger partial charge in [0.05, 0.1) is 0 Å². The minimum Gasteiger partial charge on any atom is -0.386 e. The fourth-order valence-electron chi connectivity index (χ4n) is 1.25. The number of nitrogens with two attached hydrogens (primary N) is 1. The van der Waals surface area contributed by atoms with E-state index in [1.807, 2.05) is 5.01 Å². The Morgan fingerprint density at radius 2 is 2.50 bits per heavy atom. The van der Waals surface area contributed by atoms with Gasteiger partial charge in [0, 0.05) is 13.0 Å². The van der Waals surface area contributed by atoms with Gasteiger partial charge in [-0.05, 0) is 23.9 Å². The molecule has 0 unspecified atom stereocenters. The first-order chi connectivity index (χ1) is 5.77. The highest BCUT2D eigenvalue weighted by molar-refractivity contribution is 7.14. The quantitative estimate of drug-likeness (QED) is 0.714. The van der Waals surface area contributed by atoms with Crippen molar-refractivity contribution in [3.8, 4) is 0 Å². The third kappa shape index (κ3) is 1.18. The fourth-order valence-corrected chi connectivity index (χ4v) is 2.16. The minimum atomic E-state index is 0.739. The van der Waals surface area contributed by atoms with Crippen LogP contribution in [0.2, 0.25) is 0 Å². The van der Waals surface area contributed by atoms with Gasteiger partial charge in [0.25, 0.3) is 0 Å². The van der Waals surface area contributed by atoms with Gasteiger partial charge in [0.2, 0.25) is 0 Å². The molecular formula is C8H11N3S. The maximum Gasteiger partial charge on any atom is 0.122 e. The Balaban J connectivity index is 2.27. The molecule has 2 N–H and O–H groups in total. The molecule has 2 heterocycles. The Labute approximate surface area is 75.5 Å². The summed E-state index contributed by atoms with van der Waals surface area (Å²) in [6.45, 7) is 3.02. The zero-order chi connectivity index (χ0) is 8.55. The lowest BCUT2D eigenvalue weighted by atomic mass is 10.3. The lowest BCUT2D eigenvalue weighted by Crippen LogP contribution is -2.10. The van der Waals surface area contributed by atoms with E-state index in [4.69, 9.17) is 5.73 Å². The van der Waals surface area contributed by atoms with Crippen molar-refractivity contribution in [2.75, 3.05) is 11.6 Å². The predicted octanol–water partition coefficient (Wildman–Crippen LogP) is 1.54.